The first-order valence-corrected chi connectivity index (χ1v) is 5.64. The first-order chi connectivity index (χ1) is 7.04. The third kappa shape index (κ3) is 2.32. The summed E-state index contributed by atoms with van der Waals surface area (Å²) < 4.78 is 19.5. The van der Waals surface area contributed by atoms with Crippen molar-refractivity contribution in [3.63, 3.8) is 0 Å². The maximum Gasteiger partial charge on any atom is 0.131 e. The fourth-order valence-corrected chi connectivity index (χ4v) is 2.03. The van der Waals surface area contributed by atoms with E-state index in [0.717, 1.165) is 12.8 Å². The highest BCUT2D eigenvalue weighted by atomic mass is 79.9. The Hall–Kier alpha value is -0.610. The van der Waals surface area contributed by atoms with E-state index in [1.807, 2.05) is 0 Å². The normalized spacial score (nSPS) is 17.6. The van der Waals surface area contributed by atoms with E-state index in [1.54, 1.807) is 13.2 Å². The van der Waals surface area contributed by atoms with Crippen molar-refractivity contribution in [2.45, 2.75) is 24.8 Å². The second kappa shape index (κ2) is 3.76. The third-order valence-electron chi connectivity index (χ3n) is 2.76. The highest BCUT2D eigenvalue weighted by Crippen LogP contribution is 2.39. The number of nitrogens with two attached hydrogens (primary N) is 1. The molecule has 0 bridgehead atoms. The van der Waals surface area contributed by atoms with Crippen LogP contribution in [-0.2, 0) is 6.42 Å². The minimum Gasteiger partial charge on any atom is -0.496 e. The highest BCUT2D eigenvalue weighted by Gasteiger charge is 2.39. The fraction of sp³-hybridized carbons (Fsp3) is 0.455. The number of benzene rings is 1. The van der Waals surface area contributed by atoms with Crippen molar-refractivity contribution in [2.75, 3.05) is 7.11 Å². The average molecular weight is 274 g/mol. The van der Waals surface area contributed by atoms with Crippen molar-refractivity contribution >= 4 is 15.9 Å². The zero-order chi connectivity index (χ0) is 11.1. The summed E-state index contributed by atoms with van der Waals surface area (Å²) in [6.07, 6.45) is 2.48. The number of halogens is 2. The predicted molar refractivity (Wildman–Crippen MR) is 60.5 cm³/mol. The summed E-state index contributed by atoms with van der Waals surface area (Å²) in [5.41, 5.74) is 6.35. The Balaban J connectivity index is 2.35. The molecule has 2 rings (SSSR count). The van der Waals surface area contributed by atoms with Crippen molar-refractivity contribution in [2.24, 2.45) is 5.73 Å². The van der Waals surface area contributed by atoms with Crippen molar-refractivity contribution in [1.29, 1.82) is 0 Å². The number of hydrogen-bond acceptors (Lipinski definition) is 2. The van der Waals surface area contributed by atoms with Gasteiger partial charge in [-0.15, -0.1) is 0 Å². The summed E-state index contributed by atoms with van der Waals surface area (Å²) >= 11 is 3.23. The van der Waals surface area contributed by atoms with E-state index < -0.39 is 0 Å². The molecule has 1 fully saturated rings. The molecule has 0 saturated heterocycles. The summed E-state index contributed by atoms with van der Waals surface area (Å²) in [5.74, 6) is 0.316. The van der Waals surface area contributed by atoms with Gasteiger partial charge in [0.05, 0.1) is 7.11 Å². The molecule has 1 aromatic carbocycles. The molecule has 0 heterocycles. The molecule has 4 heteroatoms. The van der Waals surface area contributed by atoms with Gasteiger partial charge in [-0.3, -0.25) is 0 Å². The second-order valence-electron chi connectivity index (χ2n) is 4.11. The highest BCUT2D eigenvalue weighted by molar-refractivity contribution is 9.10. The van der Waals surface area contributed by atoms with Gasteiger partial charge in [-0.1, -0.05) is 15.9 Å². The Labute approximate surface area is 96.7 Å². The minimum absolute atomic E-state index is 0.206. The molecule has 0 unspecified atom stereocenters. The van der Waals surface area contributed by atoms with Crippen LogP contribution in [0.15, 0.2) is 16.6 Å². The molecule has 0 radical (unpaired) electrons. The maximum absolute atomic E-state index is 13.7. The van der Waals surface area contributed by atoms with E-state index in [9.17, 15) is 4.39 Å². The number of ether oxygens (including phenoxy) is 1. The van der Waals surface area contributed by atoms with Gasteiger partial charge in [0.1, 0.15) is 11.6 Å². The topological polar surface area (TPSA) is 35.2 Å². The van der Waals surface area contributed by atoms with E-state index in [4.69, 9.17) is 10.5 Å². The molecule has 0 atom stereocenters. The van der Waals surface area contributed by atoms with Crippen molar-refractivity contribution in [1.82, 2.24) is 0 Å². The Morgan fingerprint density at radius 2 is 2.20 bits per heavy atom. The predicted octanol–water partition coefficient (Wildman–Crippen LogP) is 2.63. The lowest BCUT2D eigenvalue weighted by atomic mass is 10.0. The Bertz CT molecular complexity index is 390. The van der Waals surface area contributed by atoms with Crippen molar-refractivity contribution in [3.8, 4) is 5.75 Å². The zero-order valence-electron chi connectivity index (χ0n) is 8.52. The van der Waals surface area contributed by atoms with Crippen LogP contribution in [0.2, 0.25) is 0 Å². The van der Waals surface area contributed by atoms with Crippen molar-refractivity contribution < 1.29 is 9.13 Å². The van der Waals surface area contributed by atoms with Crippen LogP contribution in [0, 0.1) is 5.82 Å². The van der Waals surface area contributed by atoms with Crippen LogP contribution in [0.3, 0.4) is 0 Å². The first kappa shape index (κ1) is 10.9. The molecule has 1 aromatic rings. The molecule has 0 spiro atoms. The van der Waals surface area contributed by atoms with Gasteiger partial charge in [-0.25, -0.2) is 4.39 Å². The van der Waals surface area contributed by atoms with E-state index >= 15 is 0 Å². The first-order valence-electron chi connectivity index (χ1n) is 4.85. The molecule has 1 aliphatic rings. The van der Waals surface area contributed by atoms with Crippen LogP contribution in [0.5, 0.6) is 5.75 Å². The number of methoxy groups -OCH3 is 1. The van der Waals surface area contributed by atoms with Gasteiger partial charge < -0.3 is 10.5 Å². The molecule has 82 valence electrons. The molecule has 15 heavy (non-hydrogen) atoms. The van der Waals surface area contributed by atoms with Gasteiger partial charge in [0, 0.05) is 15.6 Å². The average Bonchev–Trinajstić information content (AvgIpc) is 2.88. The summed E-state index contributed by atoms with van der Waals surface area (Å²) in [5, 5.41) is 0. The van der Waals surface area contributed by atoms with Gasteiger partial charge in [-0.2, -0.15) is 0 Å². The van der Waals surface area contributed by atoms with Crippen LogP contribution in [0.4, 0.5) is 4.39 Å². The van der Waals surface area contributed by atoms with Crippen molar-refractivity contribution in [3.05, 3.63) is 28.0 Å². The van der Waals surface area contributed by atoms with Crippen LogP contribution >= 0.6 is 15.9 Å². The van der Waals surface area contributed by atoms with E-state index in [0.29, 0.717) is 22.2 Å². The lowest BCUT2D eigenvalue weighted by molar-refractivity contribution is 0.401. The van der Waals surface area contributed by atoms with Gasteiger partial charge in [0.25, 0.3) is 0 Å². The molecule has 0 aliphatic heterocycles. The van der Waals surface area contributed by atoms with Gasteiger partial charge in [0.2, 0.25) is 0 Å². The van der Waals surface area contributed by atoms with Crippen LogP contribution < -0.4 is 10.5 Å². The zero-order valence-corrected chi connectivity index (χ0v) is 10.1. The molecule has 1 saturated carbocycles. The Morgan fingerprint density at radius 3 is 2.73 bits per heavy atom. The Kier molecular flexibility index (Phi) is 2.73. The lowest BCUT2D eigenvalue weighted by Gasteiger charge is -2.14. The molecule has 2 N–H and O–H groups in total. The van der Waals surface area contributed by atoms with Crippen LogP contribution in [-0.4, -0.2) is 12.6 Å². The maximum atomic E-state index is 13.7. The smallest absolute Gasteiger partial charge is 0.131 e. The largest absolute Gasteiger partial charge is 0.496 e. The van der Waals surface area contributed by atoms with E-state index in [-0.39, 0.29) is 11.4 Å². The monoisotopic (exact) mass is 273 g/mol. The lowest BCUT2D eigenvalue weighted by Crippen LogP contribution is -2.25. The SMILES string of the molecule is COc1cc(Br)cc(F)c1CC1(N)CC1. The van der Waals surface area contributed by atoms with Crippen LogP contribution in [0.25, 0.3) is 0 Å². The summed E-state index contributed by atoms with van der Waals surface area (Å²) in [6.45, 7) is 0. The molecule has 1 aliphatic carbocycles. The second-order valence-corrected chi connectivity index (χ2v) is 5.02. The molecule has 0 aromatic heterocycles. The summed E-state index contributed by atoms with van der Waals surface area (Å²) in [6, 6.07) is 3.22. The van der Waals surface area contributed by atoms with Gasteiger partial charge in [-0.05, 0) is 31.4 Å². The molecular weight excluding hydrogens is 261 g/mol. The number of hydrogen-bond donors (Lipinski definition) is 1. The summed E-state index contributed by atoms with van der Waals surface area (Å²) in [4.78, 5) is 0. The standard InChI is InChI=1S/C11H13BrFNO/c1-15-10-5-7(12)4-9(13)8(10)6-11(14)2-3-11/h4-5H,2-3,6,14H2,1H3. The van der Waals surface area contributed by atoms with Crippen LogP contribution in [0.1, 0.15) is 18.4 Å². The molecular formula is C11H13BrFNO. The van der Waals surface area contributed by atoms with Gasteiger partial charge >= 0.3 is 0 Å². The van der Waals surface area contributed by atoms with E-state index in [1.165, 1.54) is 6.07 Å². The summed E-state index contributed by atoms with van der Waals surface area (Å²) in [7, 11) is 1.54. The Morgan fingerprint density at radius 1 is 1.53 bits per heavy atom. The third-order valence-corrected chi connectivity index (χ3v) is 3.22. The fourth-order valence-electron chi connectivity index (χ4n) is 1.62. The quantitative estimate of drug-likeness (QED) is 0.919. The minimum atomic E-state index is -0.252. The molecule has 0 amide bonds. The molecule has 2 nitrogen and oxygen atoms in total. The van der Waals surface area contributed by atoms with Gasteiger partial charge in [0.15, 0.2) is 0 Å². The van der Waals surface area contributed by atoms with E-state index in [2.05, 4.69) is 15.9 Å². The number of rotatable bonds is 3.